The molecule has 0 aromatic carbocycles. The van der Waals surface area contributed by atoms with Gasteiger partial charge >= 0.3 is 0 Å². The first-order chi connectivity index (χ1) is 11.9. The largest absolute Gasteiger partial charge is 0.342 e. The zero-order chi connectivity index (χ0) is 18.1. The van der Waals surface area contributed by atoms with Gasteiger partial charge in [0.2, 0.25) is 5.91 Å². The molecule has 3 heterocycles. The minimum Gasteiger partial charge on any atom is -0.342 e. The molecule has 6 nitrogen and oxygen atoms in total. The van der Waals surface area contributed by atoms with Crippen LogP contribution in [0.5, 0.6) is 0 Å². The van der Waals surface area contributed by atoms with E-state index in [4.69, 9.17) is 0 Å². The second-order valence-corrected chi connectivity index (χ2v) is 7.29. The number of nitrogens with zero attached hydrogens (tertiary/aromatic N) is 3. The molecule has 0 spiro atoms. The van der Waals surface area contributed by atoms with E-state index >= 15 is 0 Å². The lowest BCUT2D eigenvalue weighted by atomic mass is 10.1. The Morgan fingerprint density at radius 3 is 2.68 bits per heavy atom. The van der Waals surface area contributed by atoms with Gasteiger partial charge in [-0.3, -0.25) is 19.0 Å². The molecule has 0 fully saturated rings. The lowest BCUT2D eigenvalue weighted by Crippen LogP contribution is -2.34. The number of fused-ring (bicyclic) bond motifs is 1. The molecule has 0 saturated carbocycles. The van der Waals surface area contributed by atoms with Crippen molar-refractivity contribution in [2.24, 2.45) is 7.05 Å². The van der Waals surface area contributed by atoms with E-state index in [2.05, 4.69) is 4.98 Å². The van der Waals surface area contributed by atoms with Crippen molar-refractivity contribution < 1.29 is 9.59 Å². The third-order valence-electron chi connectivity index (χ3n) is 4.65. The van der Waals surface area contributed by atoms with Crippen LogP contribution in [0.15, 0.2) is 16.2 Å². The maximum Gasteiger partial charge on any atom is 0.256 e. The molecule has 0 radical (unpaired) electrons. The van der Waals surface area contributed by atoms with Crippen LogP contribution in [-0.4, -0.2) is 39.2 Å². The molecule has 0 unspecified atom stereocenters. The second-order valence-electron chi connectivity index (χ2n) is 6.38. The molecule has 1 aliphatic heterocycles. The molecule has 0 aliphatic carbocycles. The molecule has 0 atom stereocenters. The van der Waals surface area contributed by atoms with Crippen LogP contribution < -0.4 is 5.56 Å². The molecule has 0 saturated heterocycles. The average Bonchev–Trinajstić information content (AvgIpc) is 2.93. The van der Waals surface area contributed by atoms with E-state index in [0.29, 0.717) is 36.6 Å². The highest BCUT2D eigenvalue weighted by Crippen LogP contribution is 2.18. The third-order valence-corrected chi connectivity index (χ3v) is 5.73. The summed E-state index contributed by atoms with van der Waals surface area (Å²) in [5, 5.41) is 1.86. The number of aromatic nitrogens is 2. The van der Waals surface area contributed by atoms with Gasteiger partial charge in [0.15, 0.2) is 5.78 Å². The fourth-order valence-corrected chi connectivity index (χ4v) is 3.87. The Hall–Kier alpha value is -2.28. The highest BCUT2D eigenvalue weighted by molar-refractivity contribution is 7.12. The second kappa shape index (κ2) is 6.92. The van der Waals surface area contributed by atoms with Gasteiger partial charge in [0.25, 0.3) is 5.56 Å². The Labute approximate surface area is 150 Å². The molecule has 25 heavy (non-hydrogen) atoms. The first-order valence-corrected chi connectivity index (χ1v) is 9.16. The van der Waals surface area contributed by atoms with Crippen molar-refractivity contribution in [3.8, 4) is 0 Å². The monoisotopic (exact) mass is 359 g/mol. The number of aryl methyl sites for hydroxylation is 1. The fraction of sp³-hybridized carbons (Fsp3) is 0.444. The van der Waals surface area contributed by atoms with Crippen LogP contribution in [0.3, 0.4) is 0 Å². The highest BCUT2D eigenvalue weighted by atomic mass is 32.1. The Morgan fingerprint density at radius 1 is 1.28 bits per heavy atom. The summed E-state index contributed by atoms with van der Waals surface area (Å²) in [6.45, 7) is 4.43. The number of thiophene rings is 1. The molecular weight excluding hydrogens is 338 g/mol. The lowest BCUT2D eigenvalue weighted by molar-refractivity contribution is -0.130. The molecule has 3 rings (SSSR count). The Balaban J connectivity index is 1.73. The number of hydrogen-bond donors (Lipinski definition) is 0. The first-order valence-electron chi connectivity index (χ1n) is 8.28. The predicted molar refractivity (Wildman–Crippen MR) is 96.2 cm³/mol. The number of carbonyl (C=O) groups excluding carboxylic acids is 2. The van der Waals surface area contributed by atoms with Crippen molar-refractivity contribution in [3.05, 3.63) is 49.3 Å². The van der Waals surface area contributed by atoms with Gasteiger partial charge in [-0.2, -0.15) is 0 Å². The van der Waals surface area contributed by atoms with E-state index < -0.39 is 0 Å². The van der Waals surface area contributed by atoms with Gasteiger partial charge in [-0.1, -0.05) is 0 Å². The van der Waals surface area contributed by atoms with Crippen LogP contribution in [0.25, 0.3) is 0 Å². The van der Waals surface area contributed by atoms with Crippen molar-refractivity contribution in [3.63, 3.8) is 0 Å². The number of hydrogen-bond acceptors (Lipinski definition) is 5. The Morgan fingerprint density at radius 2 is 2.00 bits per heavy atom. The van der Waals surface area contributed by atoms with E-state index in [1.807, 2.05) is 12.3 Å². The van der Waals surface area contributed by atoms with Gasteiger partial charge in [-0.15, -0.1) is 11.3 Å². The third kappa shape index (κ3) is 3.56. The molecule has 132 valence electrons. The van der Waals surface area contributed by atoms with Crippen molar-refractivity contribution in [1.29, 1.82) is 0 Å². The van der Waals surface area contributed by atoms with Crippen molar-refractivity contribution in [2.45, 2.75) is 33.1 Å². The van der Waals surface area contributed by atoms with Gasteiger partial charge in [0.1, 0.15) is 5.82 Å². The summed E-state index contributed by atoms with van der Waals surface area (Å²) in [6, 6.07) is 1.79. The molecule has 0 bridgehead atoms. The van der Waals surface area contributed by atoms with Gasteiger partial charge < -0.3 is 4.90 Å². The topological polar surface area (TPSA) is 72.3 Å². The van der Waals surface area contributed by atoms with Crippen LogP contribution in [-0.2, 0) is 31.1 Å². The maximum atomic E-state index is 12.6. The maximum absolute atomic E-state index is 12.6. The number of amides is 1. The minimum absolute atomic E-state index is 0.0132. The number of ketones is 1. The van der Waals surface area contributed by atoms with E-state index in [0.717, 1.165) is 16.8 Å². The van der Waals surface area contributed by atoms with Crippen LogP contribution in [0.1, 0.15) is 39.2 Å². The summed E-state index contributed by atoms with van der Waals surface area (Å²) in [7, 11) is 1.72. The number of Topliss-reactive ketones (excluding diaryl/α,β-unsaturated/α-hetero) is 1. The quantitative estimate of drug-likeness (QED) is 0.779. The molecule has 0 N–H and O–H groups in total. The van der Waals surface area contributed by atoms with E-state index in [1.165, 1.54) is 18.3 Å². The van der Waals surface area contributed by atoms with Gasteiger partial charge in [0.05, 0.1) is 17.0 Å². The summed E-state index contributed by atoms with van der Waals surface area (Å²) in [4.78, 5) is 43.4. The fourth-order valence-electron chi connectivity index (χ4n) is 3.06. The number of rotatable bonds is 3. The van der Waals surface area contributed by atoms with Crippen molar-refractivity contribution in [1.82, 2.24) is 14.5 Å². The molecule has 1 aliphatic rings. The Bertz CT molecular complexity index is 897. The molecule has 1 amide bonds. The van der Waals surface area contributed by atoms with Crippen molar-refractivity contribution in [2.75, 3.05) is 13.1 Å². The molecule has 2 aromatic rings. The SMILES string of the molecule is CC(=O)c1cc(CC(=O)N2CCc3nc(C)n(C)c(=O)c3CC2)cs1. The number of carbonyl (C=O) groups is 2. The van der Waals surface area contributed by atoms with Crippen LogP contribution in [0.4, 0.5) is 0 Å². The van der Waals surface area contributed by atoms with Gasteiger partial charge in [0, 0.05) is 32.1 Å². The van der Waals surface area contributed by atoms with E-state index in [9.17, 15) is 14.4 Å². The zero-order valence-corrected chi connectivity index (χ0v) is 15.5. The molecular formula is C18H21N3O3S. The van der Waals surface area contributed by atoms with Gasteiger partial charge in [-0.25, -0.2) is 4.98 Å². The summed E-state index contributed by atoms with van der Waals surface area (Å²) < 4.78 is 1.56. The van der Waals surface area contributed by atoms with Crippen LogP contribution >= 0.6 is 11.3 Å². The minimum atomic E-state index is -0.0132. The summed E-state index contributed by atoms with van der Waals surface area (Å²) in [5.74, 6) is 0.735. The van der Waals surface area contributed by atoms with E-state index in [1.54, 1.807) is 22.6 Å². The predicted octanol–water partition coefficient (Wildman–Crippen LogP) is 1.52. The van der Waals surface area contributed by atoms with Gasteiger partial charge in [-0.05, 0) is 37.3 Å². The Kier molecular flexibility index (Phi) is 4.85. The molecule has 2 aromatic heterocycles. The van der Waals surface area contributed by atoms with E-state index in [-0.39, 0.29) is 23.7 Å². The van der Waals surface area contributed by atoms with Crippen molar-refractivity contribution >= 4 is 23.0 Å². The zero-order valence-electron chi connectivity index (χ0n) is 14.7. The summed E-state index contributed by atoms with van der Waals surface area (Å²) in [6.07, 6.45) is 1.41. The first kappa shape index (κ1) is 17.5. The normalized spacial score (nSPS) is 14.1. The smallest absolute Gasteiger partial charge is 0.256 e. The molecule has 7 heteroatoms. The van der Waals surface area contributed by atoms with Crippen LogP contribution in [0.2, 0.25) is 0 Å². The lowest BCUT2D eigenvalue weighted by Gasteiger charge is -2.19. The van der Waals surface area contributed by atoms with Crippen LogP contribution in [0, 0.1) is 6.92 Å². The average molecular weight is 359 g/mol. The highest BCUT2D eigenvalue weighted by Gasteiger charge is 2.22. The summed E-state index contributed by atoms with van der Waals surface area (Å²) in [5.41, 5.74) is 2.38. The summed E-state index contributed by atoms with van der Waals surface area (Å²) >= 11 is 1.37. The standard InChI is InChI=1S/C18H21N3O3S/c1-11(22)16-8-13(10-25-16)9-17(23)21-6-4-14-15(5-7-21)19-12(2)20(3)18(14)24/h8,10H,4-7,9H2,1-3H3.